The zero-order valence-corrected chi connectivity index (χ0v) is 14.9. The van der Waals surface area contributed by atoms with Gasteiger partial charge in [0.1, 0.15) is 0 Å². The minimum atomic E-state index is -3.47. The van der Waals surface area contributed by atoms with E-state index in [1.807, 2.05) is 17.5 Å². The van der Waals surface area contributed by atoms with Crippen LogP contribution in [-0.4, -0.2) is 44.0 Å². The van der Waals surface area contributed by atoms with Gasteiger partial charge in [0, 0.05) is 24.0 Å². The zero-order valence-electron chi connectivity index (χ0n) is 13.3. The van der Waals surface area contributed by atoms with Crippen molar-refractivity contribution in [3.63, 3.8) is 0 Å². The van der Waals surface area contributed by atoms with Crippen LogP contribution in [-0.2, 0) is 14.8 Å². The van der Waals surface area contributed by atoms with Crippen LogP contribution in [0.4, 0.5) is 0 Å². The van der Waals surface area contributed by atoms with E-state index in [2.05, 4.69) is 4.98 Å². The van der Waals surface area contributed by atoms with E-state index < -0.39 is 10.0 Å². The summed E-state index contributed by atoms with van der Waals surface area (Å²) in [5.41, 5.74) is 1.67. The third-order valence-corrected chi connectivity index (χ3v) is 6.76. The summed E-state index contributed by atoms with van der Waals surface area (Å²) in [5, 5.41) is 2.73. The van der Waals surface area contributed by atoms with Crippen molar-refractivity contribution >= 4 is 21.4 Å². The molecule has 25 heavy (non-hydrogen) atoms. The molecule has 4 rings (SSSR count). The molecule has 0 radical (unpaired) electrons. The number of hydrogen-bond donors (Lipinski definition) is 0. The largest absolute Gasteiger partial charge is 0.462 e. The van der Waals surface area contributed by atoms with Gasteiger partial charge in [0.2, 0.25) is 10.0 Å². The Hall–Kier alpha value is -2.00. The molecule has 0 saturated carbocycles. The lowest BCUT2D eigenvalue weighted by Crippen LogP contribution is -2.40. The molecule has 0 unspecified atom stereocenters. The predicted molar refractivity (Wildman–Crippen MR) is 94.8 cm³/mol. The number of hydrogen-bond acceptors (Lipinski definition) is 6. The maximum atomic E-state index is 12.6. The molecule has 0 amide bonds. The van der Waals surface area contributed by atoms with Crippen LogP contribution in [0.1, 0.15) is 0 Å². The molecule has 1 aromatic carbocycles. The molecule has 1 aliphatic heterocycles. The zero-order chi connectivity index (χ0) is 17.3. The Balaban J connectivity index is 1.58. The fourth-order valence-electron chi connectivity index (χ4n) is 2.65. The Bertz CT molecular complexity index is 941. The van der Waals surface area contributed by atoms with E-state index in [0.717, 1.165) is 22.0 Å². The second kappa shape index (κ2) is 6.72. The van der Waals surface area contributed by atoms with Gasteiger partial charge in [-0.3, -0.25) is 0 Å². The number of benzene rings is 1. The van der Waals surface area contributed by atoms with Crippen LogP contribution in [0.5, 0.6) is 0 Å². The lowest BCUT2D eigenvalue weighted by atomic mass is 10.2. The number of sulfonamides is 1. The minimum absolute atomic E-state index is 0.291. The average molecular weight is 376 g/mol. The van der Waals surface area contributed by atoms with Crippen molar-refractivity contribution in [2.75, 3.05) is 26.3 Å². The first-order valence-electron chi connectivity index (χ1n) is 7.82. The molecular formula is C17H16N2O4S2. The van der Waals surface area contributed by atoms with Crippen molar-refractivity contribution in [3.05, 3.63) is 48.0 Å². The lowest BCUT2D eigenvalue weighted by molar-refractivity contribution is 0.0730. The van der Waals surface area contributed by atoms with Gasteiger partial charge in [-0.2, -0.15) is 4.31 Å². The Morgan fingerprint density at radius 3 is 2.52 bits per heavy atom. The molecule has 8 heteroatoms. The quantitative estimate of drug-likeness (QED) is 0.700. The standard InChI is InChI=1S/C17H16N2O4S2/c20-25(21,19-7-10-22-11-8-19)14-5-3-13(4-6-14)15-12-24-17(18-15)16-2-1-9-23-16/h1-6,9,12H,7-8,10-11H2. The smallest absolute Gasteiger partial charge is 0.243 e. The van der Waals surface area contributed by atoms with Gasteiger partial charge in [-0.1, -0.05) is 12.1 Å². The van der Waals surface area contributed by atoms with Gasteiger partial charge in [-0.25, -0.2) is 13.4 Å². The van der Waals surface area contributed by atoms with Crippen molar-refractivity contribution in [3.8, 4) is 22.0 Å². The van der Waals surface area contributed by atoms with Gasteiger partial charge in [-0.05, 0) is 24.3 Å². The van der Waals surface area contributed by atoms with Crippen LogP contribution in [0.15, 0.2) is 57.4 Å². The van der Waals surface area contributed by atoms with Gasteiger partial charge in [0.15, 0.2) is 10.8 Å². The highest BCUT2D eigenvalue weighted by atomic mass is 32.2. The van der Waals surface area contributed by atoms with Gasteiger partial charge in [-0.15, -0.1) is 11.3 Å². The topological polar surface area (TPSA) is 72.6 Å². The molecule has 2 aromatic heterocycles. The maximum Gasteiger partial charge on any atom is 0.243 e. The first kappa shape index (κ1) is 16.5. The van der Waals surface area contributed by atoms with Crippen LogP contribution < -0.4 is 0 Å². The number of morpholine rings is 1. The van der Waals surface area contributed by atoms with E-state index in [4.69, 9.17) is 9.15 Å². The highest BCUT2D eigenvalue weighted by Gasteiger charge is 2.26. The molecule has 3 aromatic rings. The average Bonchev–Trinajstić information content (AvgIpc) is 3.34. The first-order valence-corrected chi connectivity index (χ1v) is 10.1. The van der Waals surface area contributed by atoms with Gasteiger partial charge < -0.3 is 9.15 Å². The van der Waals surface area contributed by atoms with E-state index in [1.54, 1.807) is 30.5 Å². The lowest BCUT2D eigenvalue weighted by Gasteiger charge is -2.26. The second-order valence-electron chi connectivity index (χ2n) is 5.56. The molecule has 0 N–H and O–H groups in total. The third-order valence-electron chi connectivity index (χ3n) is 3.99. The number of aromatic nitrogens is 1. The number of nitrogens with zero attached hydrogens (tertiary/aromatic N) is 2. The van der Waals surface area contributed by atoms with Gasteiger partial charge in [0.05, 0.1) is 30.1 Å². The first-order chi connectivity index (χ1) is 12.1. The van der Waals surface area contributed by atoms with E-state index in [1.165, 1.54) is 15.6 Å². The van der Waals surface area contributed by atoms with Crippen molar-refractivity contribution in [2.24, 2.45) is 0 Å². The molecule has 0 spiro atoms. The van der Waals surface area contributed by atoms with Crippen molar-refractivity contribution in [1.82, 2.24) is 9.29 Å². The Kier molecular flexibility index (Phi) is 4.43. The monoisotopic (exact) mass is 376 g/mol. The van der Waals surface area contributed by atoms with E-state index in [-0.39, 0.29) is 0 Å². The molecule has 0 bridgehead atoms. The molecule has 1 saturated heterocycles. The summed E-state index contributed by atoms with van der Waals surface area (Å²) in [7, 11) is -3.47. The normalized spacial score (nSPS) is 16.2. The summed E-state index contributed by atoms with van der Waals surface area (Å²) < 4.78 is 37.3. The molecule has 0 atom stereocenters. The molecule has 3 heterocycles. The van der Waals surface area contributed by atoms with Crippen LogP contribution in [0, 0.1) is 0 Å². The molecule has 1 fully saturated rings. The summed E-state index contributed by atoms with van der Waals surface area (Å²) in [6.45, 7) is 1.66. The van der Waals surface area contributed by atoms with Crippen LogP contribution >= 0.6 is 11.3 Å². The highest BCUT2D eigenvalue weighted by Crippen LogP contribution is 2.30. The maximum absolute atomic E-state index is 12.6. The highest BCUT2D eigenvalue weighted by molar-refractivity contribution is 7.89. The minimum Gasteiger partial charge on any atom is -0.462 e. The van der Waals surface area contributed by atoms with Gasteiger partial charge in [0.25, 0.3) is 0 Å². The Labute approximate surface area is 149 Å². The SMILES string of the molecule is O=S(=O)(c1ccc(-c2csc(-c3ccco3)n2)cc1)N1CCOCC1. The van der Waals surface area contributed by atoms with Crippen LogP contribution in [0.3, 0.4) is 0 Å². The molecular weight excluding hydrogens is 360 g/mol. The fourth-order valence-corrected chi connectivity index (χ4v) is 4.86. The Morgan fingerprint density at radius 2 is 1.84 bits per heavy atom. The number of rotatable bonds is 4. The third kappa shape index (κ3) is 3.25. The molecule has 0 aliphatic carbocycles. The van der Waals surface area contributed by atoms with Gasteiger partial charge >= 0.3 is 0 Å². The fraction of sp³-hybridized carbons (Fsp3) is 0.235. The van der Waals surface area contributed by atoms with Crippen molar-refractivity contribution in [1.29, 1.82) is 0 Å². The summed E-state index contributed by atoms with van der Waals surface area (Å²) in [5.74, 6) is 0.725. The van der Waals surface area contributed by atoms with Crippen LogP contribution in [0.25, 0.3) is 22.0 Å². The number of ether oxygens (including phenoxy) is 1. The summed E-state index contributed by atoms with van der Waals surface area (Å²) in [6, 6.07) is 10.5. The van der Waals surface area contributed by atoms with E-state index in [9.17, 15) is 8.42 Å². The summed E-state index contributed by atoms with van der Waals surface area (Å²) in [6.07, 6.45) is 1.61. The number of thiazole rings is 1. The summed E-state index contributed by atoms with van der Waals surface area (Å²) in [4.78, 5) is 4.84. The van der Waals surface area contributed by atoms with Crippen molar-refractivity contribution < 1.29 is 17.6 Å². The number of furan rings is 1. The molecule has 1 aliphatic rings. The molecule has 130 valence electrons. The predicted octanol–water partition coefficient (Wildman–Crippen LogP) is 3.09. The van der Waals surface area contributed by atoms with E-state index in [0.29, 0.717) is 31.2 Å². The Morgan fingerprint density at radius 1 is 1.08 bits per heavy atom. The van der Waals surface area contributed by atoms with Crippen molar-refractivity contribution in [2.45, 2.75) is 4.90 Å². The second-order valence-corrected chi connectivity index (χ2v) is 8.35. The summed E-state index contributed by atoms with van der Waals surface area (Å²) >= 11 is 1.49. The van der Waals surface area contributed by atoms with Crippen LogP contribution in [0.2, 0.25) is 0 Å². The molecule has 6 nitrogen and oxygen atoms in total. The van der Waals surface area contributed by atoms with E-state index >= 15 is 0 Å².